The second-order valence-corrected chi connectivity index (χ2v) is 17.4. The first-order valence-corrected chi connectivity index (χ1v) is 9.29. The predicted molar refractivity (Wildman–Crippen MR) is 50.9 cm³/mol. The van der Waals surface area contributed by atoms with E-state index in [-0.39, 0.29) is 0 Å². The zero-order valence-corrected chi connectivity index (χ0v) is 9.48. The number of halogens is 3. The normalized spacial score (nSPS) is 14.8. The molecule has 0 N–H and O–H groups in total. The van der Waals surface area contributed by atoms with Crippen LogP contribution in [0.2, 0.25) is 0 Å². The fourth-order valence-corrected chi connectivity index (χ4v) is 0.949. The highest BCUT2D eigenvalue weighted by atomic mass is 127. The van der Waals surface area contributed by atoms with Crippen molar-refractivity contribution < 1.29 is 4.57 Å². The third-order valence-corrected chi connectivity index (χ3v) is 7.25. The SMILES string of the molecule is N#CC(Cl)P(=O)(I)I. The van der Waals surface area contributed by atoms with E-state index >= 15 is 0 Å². The van der Waals surface area contributed by atoms with E-state index in [1.54, 1.807) is 50.2 Å². The van der Waals surface area contributed by atoms with Crippen molar-refractivity contribution in [3.63, 3.8) is 0 Å². The average Bonchev–Trinajstić information content (AvgIpc) is 1.62. The maximum atomic E-state index is 10.8. The van der Waals surface area contributed by atoms with Crippen molar-refractivity contribution in [3.05, 3.63) is 0 Å². The molecular weight excluding hydrogens is 374 g/mol. The van der Waals surface area contributed by atoms with Crippen LogP contribution in [0.5, 0.6) is 0 Å². The van der Waals surface area contributed by atoms with E-state index in [0.29, 0.717) is 0 Å². The van der Waals surface area contributed by atoms with Crippen LogP contribution in [-0.4, -0.2) is 5.12 Å². The van der Waals surface area contributed by atoms with Gasteiger partial charge < -0.3 is 0 Å². The Labute approximate surface area is 78.3 Å². The summed E-state index contributed by atoms with van der Waals surface area (Å²) >= 11 is 8.68. The maximum absolute atomic E-state index is 10.8. The van der Waals surface area contributed by atoms with E-state index in [1.165, 1.54) is 0 Å². The number of rotatable bonds is 1. The Kier molecular flexibility index (Phi) is 4.25. The Hall–Kier alpha value is 1.47. The Morgan fingerprint density at radius 2 is 2.12 bits per heavy atom. The molecule has 1 unspecified atom stereocenters. The molecule has 0 saturated carbocycles. The van der Waals surface area contributed by atoms with Crippen LogP contribution in [0.3, 0.4) is 0 Å². The molecule has 46 valence electrons. The summed E-state index contributed by atoms with van der Waals surface area (Å²) in [5, 5.41) is 7.26. The Balaban J connectivity index is 4.09. The third kappa shape index (κ3) is 3.49. The van der Waals surface area contributed by atoms with Gasteiger partial charge in [0.05, 0.1) is 6.07 Å². The van der Waals surface area contributed by atoms with Crippen molar-refractivity contribution in [2.24, 2.45) is 0 Å². The molecule has 0 saturated heterocycles. The summed E-state index contributed by atoms with van der Waals surface area (Å²) in [5.41, 5.74) is 0. The molecule has 0 bridgehead atoms. The summed E-state index contributed by atoms with van der Waals surface area (Å²) in [6.07, 6.45) is 0. The van der Waals surface area contributed by atoms with E-state index in [9.17, 15) is 4.57 Å². The molecule has 2 nitrogen and oxygen atoms in total. The second kappa shape index (κ2) is 3.59. The first-order chi connectivity index (χ1) is 3.48. The molecular formula is C2HClI2NOP. The van der Waals surface area contributed by atoms with Crippen LogP contribution in [0.1, 0.15) is 0 Å². The minimum Gasteiger partial charge on any atom is -0.299 e. The van der Waals surface area contributed by atoms with Gasteiger partial charge in [-0.1, -0.05) is 11.6 Å². The van der Waals surface area contributed by atoms with Gasteiger partial charge in [-0.3, -0.25) is 4.57 Å². The molecule has 6 heteroatoms. The van der Waals surface area contributed by atoms with Crippen LogP contribution in [0, 0.1) is 11.3 Å². The first-order valence-electron chi connectivity index (χ1n) is 1.51. The third-order valence-electron chi connectivity index (χ3n) is 0.370. The minimum atomic E-state index is -2.41. The van der Waals surface area contributed by atoms with Crippen LogP contribution in [-0.2, 0) is 4.57 Å². The topological polar surface area (TPSA) is 40.9 Å². The quantitative estimate of drug-likeness (QED) is 0.401. The molecule has 0 rings (SSSR count). The van der Waals surface area contributed by atoms with Gasteiger partial charge in [0.1, 0.15) is 0 Å². The van der Waals surface area contributed by atoms with Gasteiger partial charge in [0, 0.05) is 44.1 Å². The first kappa shape index (κ1) is 9.47. The van der Waals surface area contributed by atoms with Crippen LogP contribution in [0.4, 0.5) is 0 Å². The molecule has 1 atom stereocenters. The molecule has 0 aromatic carbocycles. The molecule has 0 heterocycles. The summed E-state index contributed by atoms with van der Waals surface area (Å²) in [6, 6.07) is 1.69. The standard InChI is InChI=1S/C2HClI2NOP/c3-2(1-6)8(4,5)7/h2H. The van der Waals surface area contributed by atoms with Crippen LogP contribution in [0.25, 0.3) is 0 Å². The highest BCUT2D eigenvalue weighted by Gasteiger charge is 2.23. The molecule has 0 aromatic heterocycles. The van der Waals surface area contributed by atoms with Gasteiger partial charge in [-0.2, -0.15) is 5.26 Å². The van der Waals surface area contributed by atoms with Crippen molar-refractivity contribution in [1.82, 2.24) is 0 Å². The number of alkyl halides is 1. The van der Waals surface area contributed by atoms with Gasteiger partial charge in [-0.05, 0) is 0 Å². The summed E-state index contributed by atoms with van der Waals surface area (Å²) in [4.78, 5) is 0. The molecule has 0 aliphatic rings. The lowest BCUT2D eigenvalue weighted by atomic mass is 10.9. The number of nitrogens with zero attached hydrogens (tertiary/aromatic N) is 1. The van der Waals surface area contributed by atoms with E-state index in [0.717, 1.165) is 0 Å². The lowest BCUT2D eigenvalue weighted by Crippen LogP contribution is -1.82. The van der Waals surface area contributed by atoms with Crippen molar-refractivity contribution in [2.75, 3.05) is 0 Å². The molecule has 0 aliphatic carbocycles. The van der Waals surface area contributed by atoms with Crippen molar-refractivity contribution in [1.29, 1.82) is 5.26 Å². The van der Waals surface area contributed by atoms with Crippen molar-refractivity contribution >= 4 is 58.1 Å². The van der Waals surface area contributed by atoms with E-state index < -0.39 is 7.55 Å². The second-order valence-electron chi connectivity index (χ2n) is 0.967. The summed E-state index contributed by atoms with van der Waals surface area (Å²) in [6.45, 7) is 0. The zero-order chi connectivity index (χ0) is 6.78. The van der Waals surface area contributed by atoms with Gasteiger partial charge in [0.25, 0.3) is 0 Å². The highest BCUT2D eigenvalue weighted by molar-refractivity contribution is 14.3. The Morgan fingerprint density at radius 1 is 1.75 bits per heavy atom. The number of hydrogen-bond donors (Lipinski definition) is 0. The maximum Gasteiger partial charge on any atom is 0.228 e. The van der Waals surface area contributed by atoms with Crippen LogP contribution in [0.15, 0.2) is 0 Å². The zero-order valence-electron chi connectivity index (χ0n) is 3.51. The summed E-state index contributed by atoms with van der Waals surface area (Å²) in [5.74, 6) is 0. The molecule has 0 aliphatic heterocycles. The molecule has 0 radical (unpaired) electrons. The fourth-order valence-electron chi connectivity index (χ4n) is 0.0672. The Morgan fingerprint density at radius 3 is 2.12 bits per heavy atom. The molecule has 0 amide bonds. The van der Waals surface area contributed by atoms with Crippen molar-refractivity contribution in [3.8, 4) is 6.07 Å². The van der Waals surface area contributed by atoms with Gasteiger partial charge in [-0.15, -0.1) is 0 Å². The lowest BCUT2D eigenvalue weighted by Gasteiger charge is -1.98. The van der Waals surface area contributed by atoms with Gasteiger partial charge >= 0.3 is 0 Å². The highest BCUT2D eigenvalue weighted by Crippen LogP contribution is 2.67. The lowest BCUT2D eigenvalue weighted by molar-refractivity contribution is 0.597. The van der Waals surface area contributed by atoms with Crippen LogP contribution < -0.4 is 0 Å². The predicted octanol–water partition coefficient (Wildman–Crippen LogP) is 3.14. The molecule has 0 fully saturated rings. The van der Waals surface area contributed by atoms with Gasteiger partial charge in [-0.25, -0.2) is 0 Å². The monoisotopic (exact) mass is 375 g/mol. The largest absolute Gasteiger partial charge is 0.299 e. The average molecular weight is 375 g/mol. The minimum absolute atomic E-state index is 0.844. The fraction of sp³-hybridized carbons (Fsp3) is 0.500. The number of nitriles is 1. The van der Waals surface area contributed by atoms with Gasteiger partial charge in [0.15, 0.2) is 5.12 Å². The smallest absolute Gasteiger partial charge is 0.228 e. The van der Waals surface area contributed by atoms with E-state index in [2.05, 4.69) is 0 Å². The Bertz CT molecular complexity index is 160. The summed E-state index contributed by atoms with van der Waals surface area (Å²) < 4.78 is 8.35. The molecule has 8 heavy (non-hydrogen) atoms. The number of hydrogen-bond acceptors (Lipinski definition) is 2. The van der Waals surface area contributed by atoms with E-state index in [4.69, 9.17) is 16.9 Å². The van der Waals surface area contributed by atoms with E-state index in [1.807, 2.05) is 0 Å². The molecule has 0 aromatic rings. The summed E-state index contributed by atoms with van der Waals surface area (Å²) in [7, 11) is 0. The van der Waals surface area contributed by atoms with Crippen molar-refractivity contribution in [2.45, 2.75) is 5.12 Å². The van der Waals surface area contributed by atoms with Crippen LogP contribution >= 0.6 is 58.1 Å². The molecule has 0 spiro atoms. The van der Waals surface area contributed by atoms with Gasteiger partial charge in [0.2, 0.25) is 2.43 Å².